The highest BCUT2D eigenvalue weighted by molar-refractivity contribution is 5.70. The first-order chi connectivity index (χ1) is 3.41. The van der Waals surface area contributed by atoms with Crippen LogP contribution in [0.5, 0.6) is 0 Å². The second kappa shape index (κ2) is 5.01. The SMILES string of the molecule is CNN=CC=CN. The Bertz CT molecular complexity index is 75.0. The first-order valence-corrected chi connectivity index (χ1v) is 1.98. The van der Waals surface area contributed by atoms with Gasteiger partial charge in [0.2, 0.25) is 0 Å². The lowest BCUT2D eigenvalue weighted by Crippen LogP contribution is -1.92. The van der Waals surface area contributed by atoms with Gasteiger partial charge in [-0.1, -0.05) is 0 Å². The molecule has 0 aromatic carbocycles. The molecule has 7 heavy (non-hydrogen) atoms. The van der Waals surface area contributed by atoms with E-state index in [1.165, 1.54) is 6.20 Å². The molecule has 3 heteroatoms. The molecular weight excluding hydrogens is 90.1 g/mol. The molecule has 0 heterocycles. The minimum Gasteiger partial charge on any atom is -0.405 e. The van der Waals surface area contributed by atoms with Gasteiger partial charge in [0.25, 0.3) is 0 Å². The molecule has 0 amide bonds. The lowest BCUT2D eigenvalue weighted by atomic mass is 10.7. The van der Waals surface area contributed by atoms with Crippen LogP contribution in [-0.2, 0) is 0 Å². The molecule has 0 bridgehead atoms. The van der Waals surface area contributed by atoms with Crippen molar-refractivity contribution in [3.05, 3.63) is 12.3 Å². The molecule has 0 aliphatic carbocycles. The molecule has 0 aromatic heterocycles. The van der Waals surface area contributed by atoms with Crippen molar-refractivity contribution in [1.82, 2.24) is 5.43 Å². The summed E-state index contributed by atoms with van der Waals surface area (Å²) in [5, 5.41) is 3.62. The number of nitrogens with one attached hydrogen (secondary N) is 1. The van der Waals surface area contributed by atoms with Gasteiger partial charge in [0, 0.05) is 13.3 Å². The summed E-state index contributed by atoms with van der Waals surface area (Å²) in [6.07, 6.45) is 4.62. The number of allylic oxidation sites excluding steroid dienone is 1. The summed E-state index contributed by atoms with van der Waals surface area (Å²) >= 11 is 0. The fourth-order valence-corrected chi connectivity index (χ4v) is 0.167. The van der Waals surface area contributed by atoms with Crippen LogP contribution >= 0.6 is 0 Å². The maximum absolute atomic E-state index is 4.97. The van der Waals surface area contributed by atoms with E-state index in [-0.39, 0.29) is 0 Å². The maximum Gasteiger partial charge on any atom is 0.0482 e. The van der Waals surface area contributed by atoms with Crippen LogP contribution in [0, 0.1) is 0 Å². The Hall–Kier alpha value is -0.990. The van der Waals surface area contributed by atoms with Crippen molar-refractivity contribution in [2.24, 2.45) is 10.8 Å². The average molecular weight is 99.1 g/mol. The van der Waals surface area contributed by atoms with Crippen molar-refractivity contribution in [2.75, 3.05) is 7.05 Å². The van der Waals surface area contributed by atoms with Crippen molar-refractivity contribution in [1.29, 1.82) is 0 Å². The molecule has 0 fully saturated rings. The zero-order valence-electron chi connectivity index (χ0n) is 4.26. The quantitative estimate of drug-likeness (QED) is 0.367. The molecule has 0 aliphatic rings. The molecule has 0 atom stereocenters. The van der Waals surface area contributed by atoms with E-state index in [4.69, 9.17) is 5.73 Å². The Morgan fingerprint density at radius 3 is 2.86 bits per heavy atom. The Morgan fingerprint density at radius 1 is 1.71 bits per heavy atom. The van der Waals surface area contributed by atoms with Gasteiger partial charge in [-0.25, -0.2) is 0 Å². The molecule has 0 unspecified atom stereocenters. The van der Waals surface area contributed by atoms with Crippen LogP contribution < -0.4 is 11.2 Å². The van der Waals surface area contributed by atoms with Crippen LogP contribution in [0.25, 0.3) is 0 Å². The Kier molecular flexibility index (Phi) is 4.30. The van der Waals surface area contributed by atoms with Crippen molar-refractivity contribution < 1.29 is 0 Å². The number of hydrogen-bond acceptors (Lipinski definition) is 3. The van der Waals surface area contributed by atoms with Crippen molar-refractivity contribution in [3.63, 3.8) is 0 Å². The molecule has 0 radical (unpaired) electrons. The van der Waals surface area contributed by atoms with Gasteiger partial charge in [0.15, 0.2) is 0 Å². The van der Waals surface area contributed by atoms with Crippen LogP contribution in [0.1, 0.15) is 0 Å². The maximum atomic E-state index is 4.97. The normalized spacial score (nSPS) is 11.0. The Balaban J connectivity index is 3.09. The van der Waals surface area contributed by atoms with Gasteiger partial charge in [0.1, 0.15) is 0 Å². The van der Waals surface area contributed by atoms with E-state index in [0.717, 1.165) is 0 Å². The molecule has 0 saturated carbocycles. The van der Waals surface area contributed by atoms with E-state index < -0.39 is 0 Å². The van der Waals surface area contributed by atoms with Crippen LogP contribution in [-0.4, -0.2) is 13.3 Å². The van der Waals surface area contributed by atoms with E-state index in [0.29, 0.717) is 0 Å². The van der Waals surface area contributed by atoms with Crippen LogP contribution in [0.4, 0.5) is 0 Å². The van der Waals surface area contributed by atoms with Gasteiger partial charge in [0.05, 0.1) is 0 Å². The molecule has 0 spiro atoms. The summed E-state index contributed by atoms with van der Waals surface area (Å²) in [6.45, 7) is 0. The standard InChI is InChI=1S/C4H9N3/c1-6-7-4-2-3-5/h2-4,6H,5H2,1H3. The third-order valence-corrected chi connectivity index (χ3v) is 0.401. The summed E-state index contributed by atoms with van der Waals surface area (Å²) in [4.78, 5) is 0. The highest BCUT2D eigenvalue weighted by atomic mass is 15.3. The van der Waals surface area contributed by atoms with Crippen molar-refractivity contribution >= 4 is 6.21 Å². The monoisotopic (exact) mass is 99.1 g/mol. The fraction of sp³-hybridized carbons (Fsp3) is 0.250. The average Bonchev–Trinajstić information content (AvgIpc) is 1.69. The fourth-order valence-electron chi connectivity index (χ4n) is 0.167. The largest absolute Gasteiger partial charge is 0.405 e. The lowest BCUT2D eigenvalue weighted by Gasteiger charge is -1.77. The molecule has 0 aliphatic heterocycles. The molecule has 0 rings (SSSR count). The summed E-state index contributed by atoms with van der Waals surface area (Å²) < 4.78 is 0. The van der Waals surface area contributed by atoms with Gasteiger partial charge >= 0.3 is 0 Å². The second-order valence-electron chi connectivity index (χ2n) is 0.887. The zero-order valence-corrected chi connectivity index (χ0v) is 4.26. The Labute approximate surface area is 42.9 Å². The molecular formula is C4H9N3. The van der Waals surface area contributed by atoms with E-state index in [2.05, 4.69) is 10.5 Å². The predicted molar refractivity (Wildman–Crippen MR) is 30.9 cm³/mol. The first kappa shape index (κ1) is 6.01. The summed E-state index contributed by atoms with van der Waals surface area (Å²) in [5.41, 5.74) is 7.53. The number of nitrogens with zero attached hydrogens (tertiary/aromatic N) is 1. The molecule has 0 aromatic rings. The zero-order chi connectivity index (χ0) is 5.54. The summed E-state index contributed by atoms with van der Waals surface area (Å²) in [6, 6.07) is 0. The van der Waals surface area contributed by atoms with Crippen LogP contribution in [0.2, 0.25) is 0 Å². The molecule has 3 N–H and O–H groups in total. The van der Waals surface area contributed by atoms with Gasteiger partial charge < -0.3 is 11.2 Å². The minimum atomic E-state index is 1.42. The van der Waals surface area contributed by atoms with Gasteiger partial charge in [-0.05, 0) is 12.3 Å². The second-order valence-corrected chi connectivity index (χ2v) is 0.887. The highest BCUT2D eigenvalue weighted by Gasteiger charge is 1.54. The third-order valence-electron chi connectivity index (χ3n) is 0.401. The summed E-state index contributed by atoms with van der Waals surface area (Å²) in [5.74, 6) is 0. The van der Waals surface area contributed by atoms with E-state index in [9.17, 15) is 0 Å². The van der Waals surface area contributed by atoms with Crippen molar-refractivity contribution in [2.45, 2.75) is 0 Å². The minimum absolute atomic E-state index is 1.42. The van der Waals surface area contributed by atoms with E-state index >= 15 is 0 Å². The summed E-state index contributed by atoms with van der Waals surface area (Å²) in [7, 11) is 1.72. The number of hydrogen-bond donors (Lipinski definition) is 2. The number of nitrogens with two attached hydrogens (primary N) is 1. The number of rotatable bonds is 2. The number of hydrazone groups is 1. The van der Waals surface area contributed by atoms with Crippen LogP contribution in [0.15, 0.2) is 17.4 Å². The molecule has 0 saturated heterocycles. The predicted octanol–water partition coefficient (Wildman–Crippen LogP) is -0.336. The molecule has 40 valence electrons. The van der Waals surface area contributed by atoms with E-state index in [1.807, 2.05) is 0 Å². The van der Waals surface area contributed by atoms with E-state index in [1.54, 1.807) is 19.3 Å². The van der Waals surface area contributed by atoms with Crippen LogP contribution in [0.3, 0.4) is 0 Å². The van der Waals surface area contributed by atoms with Crippen molar-refractivity contribution in [3.8, 4) is 0 Å². The molecule has 3 nitrogen and oxygen atoms in total. The third kappa shape index (κ3) is 5.01. The topological polar surface area (TPSA) is 50.4 Å². The highest BCUT2D eigenvalue weighted by Crippen LogP contribution is 1.54. The first-order valence-electron chi connectivity index (χ1n) is 1.98. The van der Waals surface area contributed by atoms with Gasteiger partial charge in [-0.3, -0.25) is 0 Å². The van der Waals surface area contributed by atoms with Gasteiger partial charge in [-0.2, -0.15) is 5.10 Å². The Morgan fingerprint density at radius 2 is 2.43 bits per heavy atom. The lowest BCUT2D eigenvalue weighted by molar-refractivity contribution is 0.909. The van der Waals surface area contributed by atoms with Gasteiger partial charge in [-0.15, -0.1) is 0 Å². The smallest absolute Gasteiger partial charge is 0.0482 e.